The first-order valence-electron chi connectivity index (χ1n) is 6.33. The van der Waals surface area contributed by atoms with Gasteiger partial charge < -0.3 is 19.9 Å². The molecule has 0 radical (unpaired) electrons. The molecule has 2 N–H and O–H groups in total. The van der Waals surface area contributed by atoms with E-state index in [9.17, 15) is 27.9 Å². The van der Waals surface area contributed by atoms with E-state index in [0.29, 0.717) is 6.07 Å². The van der Waals surface area contributed by atoms with Crippen molar-refractivity contribution < 1.29 is 37.3 Å². The number of ether oxygens (including phenoxy) is 2. The van der Waals surface area contributed by atoms with E-state index in [-0.39, 0.29) is 5.69 Å². The highest BCUT2D eigenvalue weighted by Crippen LogP contribution is 2.36. The molecule has 2 rings (SSSR count). The minimum absolute atomic E-state index is 0.0356. The van der Waals surface area contributed by atoms with E-state index in [0.717, 1.165) is 18.3 Å². The second-order valence-electron chi connectivity index (χ2n) is 5.11. The van der Waals surface area contributed by atoms with Crippen LogP contribution in [-0.4, -0.2) is 22.8 Å². The van der Waals surface area contributed by atoms with Crippen LogP contribution in [0.15, 0.2) is 30.0 Å². The van der Waals surface area contributed by atoms with E-state index in [1.165, 1.54) is 13.8 Å². The van der Waals surface area contributed by atoms with E-state index in [1.54, 1.807) is 0 Å². The molecule has 0 amide bonds. The van der Waals surface area contributed by atoms with Crippen LogP contribution in [0.25, 0.3) is 0 Å². The average Bonchev–Trinajstić information content (AvgIpc) is 2.34. The first kappa shape index (κ1) is 16.7. The quantitative estimate of drug-likeness (QED) is 0.492. The number of carbonyl (C=O) groups excluding carboxylic acids is 2. The third-order valence-electron chi connectivity index (χ3n) is 2.80. The Balaban J connectivity index is 2.19. The Morgan fingerprint density at radius 1 is 1.17 bits per heavy atom. The fourth-order valence-electron chi connectivity index (χ4n) is 1.80. The molecule has 0 bridgehead atoms. The molecule has 9 heteroatoms. The van der Waals surface area contributed by atoms with Crippen molar-refractivity contribution in [3.8, 4) is 5.75 Å². The molecule has 0 saturated carbocycles. The van der Waals surface area contributed by atoms with Gasteiger partial charge in [0.05, 0.1) is 5.56 Å². The van der Waals surface area contributed by atoms with Gasteiger partial charge in [-0.05, 0) is 12.1 Å². The normalized spacial score (nSPS) is 17.3. The molecule has 1 saturated heterocycles. The molecule has 6 nitrogen and oxygen atoms in total. The lowest BCUT2D eigenvalue weighted by Crippen LogP contribution is -2.42. The zero-order valence-electron chi connectivity index (χ0n) is 12.0. The highest BCUT2D eigenvalue weighted by atomic mass is 19.4. The second kappa shape index (κ2) is 5.49. The lowest BCUT2D eigenvalue weighted by molar-refractivity contribution is -0.222. The van der Waals surface area contributed by atoms with Gasteiger partial charge in [-0.2, -0.15) is 13.2 Å². The van der Waals surface area contributed by atoms with Gasteiger partial charge >= 0.3 is 18.1 Å². The van der Waals surface area contributed by atoms with Crippen LogP contribution < -0.4 is 5.32 Å². The molecule has 0 aliphatic carbocycles. The monoisotopic (exact) mass is 331 g/mol. The second-order valence-corrected chi connectivity index (χ2v) is 5.11. The fourth-order valence-corrected chi connectivity index (χ4v) is 1.80. The minimum atomic E-state index is -4.69. The molecule has 1 aliphatic rings. The summed E-state index contributed by atoms with van der Waals surface area (Å²) in [6, 6.07) is 2.50. The average molecular weight is 331 g/mol. The maximum atomic E-state index is 12.5. The smallest absolute Gasteiger partial charge is 0.419 e. The largest absolute Gasteiger partial charge is 0.507 e. The molecule has 0 aromatic heterocycles. The van der Waals surface area contributed by atoms with Crippen LogP contribution in [0.1, 0.15) is 19.4 Å². The van der Waals surface area contributed by atoms with Gasteiger partial charge in [0, 0.05) is 31.8 Å². The Kier molecular flexibility index (Phi) is 3.97. The van der Waals surface area contributed by atoms with Crippen LogP contribution in [0.4, 0.5) is 18.9 Å². The molecule has 1 heterocycles. The van der Waals surface area contributed by atoms with Crippen molar-refractivity contribution in [1.29, 1.82) is 0 Å². The van der Waals surface area contributed by atoms with Crippen molar-refractivity contribution in [3.63, 3.8) is 0 Å². The first-order chi connectivity index (χ1) is 10.5. The summed E-state index contributed by atoms with van der Waals surface area (Å²) in [5.74, 6) is -4.25. The summed E-state index contributed by atoms with van der Waals surface area (Å²) >= 11 is 0. The van der Waals surface area contributed by atoms with Gasteiger partial charge in [0.15, 0.2) is 5.57 Å². The molecule has 124 valence electrons. The Labute approximate surface area is 128 Å². The number of alkyl halides is 3. The number of phenols is 1. The molecular weight excluding hydrogens is 319 g/mol. The van der Waals surface area contributed by atoms with Gasteiger partial charge in [0.25, 0.3) is 5.79 Å². The number of cyclic esters (lactones) is 2. The van der Waals surface area contributed by atoms with E-state index >= 15 is 0 Å². The van der Waals surface area contributed by atoms with Crippen LogP contribution in [0.3, 0.4) is 0 Å². The summed E-state index contributed by atoms with van der Waals surface area (Å²) < 4.78 is 47.2. The Morgan fingerprint density at radius 2 is 1.74 bits per heavy atom. The number of benzene rings is 1. The topological polar surface area (TPSA) is 84.9 Å². The van der Waals surface area contributed by atoms with Crippen LogP contribution in [-0.2, 0) is 25.2 Å². The van der Waals surface area contributed by atoms with Crippen LogP contribution in [0, 0.1) is 0 Å². The number of carbonyl (C=O) groups is 2. The predicted molar refractivity (Wildman–Crippen MR) is 71.1 cm³/mol. The van der Waals surface area contributed by atoms with Crippen LogP contribution in [0.5, 0.6) is 5.75 Å². The molecule has 1 fully saturated rings. The number of hydrogen-bond donors (Lipinski definition) is 2. The van der Waals surface area contributed by atoms with Crippen molar-refractivity contribution in [2.24, 2.45) is 0 Å². The van der Waals surface area contributed by atoms with Gasteiger partial charge in [-0.15, -0.1) is 0 Å². The molecule has 1 aromatic carbocycles. The zero-order valence-corrected chi connectivity index (χ0v) is 12.0. The summed E-state index contributed by atoms with van der Waals surface area (Å²) in [4.78, 5) is 23.3. The van der Waals surface area contributed by atoms with Gasteiger partial charge in [-0.25, -0.2) is 9.59 Å². The molecule has 1 aromatic rings. The van der Waals surface area contributed by atoms with Crippen molar-refractivity contribution in [3.05, 3.63) is 35.5 Å². The maximum absolute atomic E-state index is 12.5. The lowest BCUT2D eigenvalue weighted by atomic mass is 10.1. The lowest BCUT2D eigenvalue weighted by Gasteiger charge is -2.29. The van der Waals surface area contributed by atoms with Gasteiger partial charge in [-0.1, -0.05) is 0 Å². The number of halogens is 3. The highest BCUT2D eigenvalue weighted by Gasteiger charge is 2.39. The van der Waals surface area contributed by atoms with Crippen LogP contribution >= 0.6 is 0 Å². The van der Waals surface area contributed by atoms with Crippen molar-refractivity contribution >= 4 is 17.6 Å². The number of aromatic hydroxyl groups is 1. The summed E-state index contributed by atoms with van der Waals surface area (Å²) in [6.07, 6.45) is -3.76. The third kappa shape index (κ3) is 3.74. The van der Waals surface area contributed by atoms with Crippen molar-refractivity contribution in [1.82, 2.24) is 0 Å². The molecule has 0 unspecified atom stereocenters. The number of nitrogens with one attached hydrogen (secondary N) is 1. The van der Waals surface area contributed by atoms with E-state index in [2.05, 4.69) is 5.32 Å². The summed E-state index contributed by atoms with van der Waals surface area (Å²) in [6.45, 7) is 2.75. The van der Waals surface area contributed by atoms with Gasteiger partial charge in [0.1, 0.15) is 5.75 Å². The van der Waals surface area contributed by atoms with E-state index in [1.807, 2.05) is 0 Å². The van der Waals surface area contributed by atoms with Gasteiger partial charge in [0.2, 0.25) is 0 Å². The molecule has 0 spiro atoms. The molecule has 23 heavy (non-hydrogen) atoms. The van der Waals surface area contributed by atoms with Crippen LogP contribution in [0.2, 0.25) is 0 Å². The Bertz CT molecular complexity index is 672. The number of anilines is 1. The standard InChI is InChI=1S/C14H12F3NO5/c1-13(2)22-11(20)8(12(21)23-13)6-18-7-3-4-9(10(19)5-7)14(15,16)17/h3-6,18-19H,1-2H3. The number of phenolic OH excluding ortho intramolecular Hbond substituents is 1. The fraction of sp³-hybridized carbons (Fsp3) is 0.286. The minimum Gasteiger partial charge on any atom is -0.507 e. The van der Waals surface area contributed by atoms with Crippen molar-refractivity contribution in [2.45, 2.75) is 25.8 Å². The predicted octanol–water partition coefficient (Wildman–Crippen LogP) is 2.54. The number of rotatable bonds is 2. The number of hydrogen-bond acceptors (Lipinski definition) is 6. The first-order valence-corrected chi connectivity index (χ1v) is 6.33. The highest BCUT2D eigenvalue weighted by molar-refractivity contribution is 6.15. The van der Waals surface area contributed by atoms with Gasteiger partial charge in [-0.3, -0.25) is 0 Å². The molecule has 0 atom stereocenters. The summed E-state index contributed by atoms with van der Waals surface area (Å²) in [7, 11) is 0. The summed E-state index contributed by atoms with van der Waals surface area (Å²) in [5, 5.41) is 11.8. The van der Waals surface area contributed by atoms with E-state index in [4.69, 9.17) is 9.47 Å². The third-order valence-corrected chi connectivity index (χ3v) is 2.80. The van der Waals surface area contributed by atoms with E-state index < -0.39 is 40.8 Å². The molecular formula is C14H12F3NO5. The SMILES string of the molecule is CC1(C)OC(=O)C(=CNc2ccc(C(F)(F)F)c(O)c2)C(=O)O1. The Hall–Kier alpha value is -2.71. The Morgan fingerprint density at radius 3 is 2.22 bits per heavy atom. The summed E-state index contributed by atoms with van der Waals surface area (Å²) in [5.41, 5.74) is -1.62. The molecule has 1 aliphatic heterocycles. The zero-order chi connectivity index (χ0) is 17.4. The van der Waals surface area contributed by atoms with Crippen molar-refractivity contribution in [2.75, 3.05) is 5.32 Å². The number of esters is 2. The maximum Gasteiger partial charge on any atom is 0.419 e.